The van der Waals surface area contributed by atoms with E-state index in [0.29, 0.717) is 11.3 Å². The summed E-state index contributed by atoms with van der Waals surface area (Å²) in [5, 5.41) is 2.77. The van der Waals surface area contributed by atoms with E-state index in [-0.39, 0.29) is 30.3 Å². The molecule has 1 N–H and O–H groups in total. The molecule has 2 rings (SSSR count). The van der Waals surface area contributed by atoms with Gasteiger partial charge in [-0.15, -0.1) is 11.8 Å². The zero-order chi connectivity index (χ0) is 15.9. The fraction of sp³-hybridized carbons (Fsp3) is 0.176. The fourth-order valence-corrected chi connectivity index (χ4v) is 2.39. The number of hydrogen-bond donors (Lipinski definition) is 1. The highest BCUT2D eigenvalue weighted by Gasteiger charge is 2.10. The van der Waals surface area contributed by atoms with Crippen molar-refractivity contribution < 1.29 is 14.0 Å². The number of halogens is 1. The second-order valence-corrected chi connectivity index (χ2v) is 5.59. The number of benzene rings is 2. The Morgan fingerprint density at radius 1 is 1.09 bits per heavy atom. The number of Topliss-reactive ketones (excluding diaryl/α,β-unsaturated/α-hetero) is 1. The average molecular weight is 317 g/mol. The summed E-state index contributed by atoms with van der Waals surface area (Å²) in [6.07, 6.45) is 2.15. The first-order valence-electron chi connectivity index (χ1n) is 6.81. The van der Waals surface area contributed by atoms with Gasteiger partial charge < -0.3 is 5.32 Å². The number of anilines is 1. The van der Waals surface area contributed by atoms with Crippen molar-refractivity contribution in [1.29, 1.82) is 0 Å². The van der Waals surface area contributed by atoms with Gasteiger partial charge in [-0.3, -0.25) is 9.59 Å². The molecule has 0 saturated carbocycles. The van der Waals surface area contributed by atoms with Crippen molar-refractivity contribution in [2.75, 3.05) is 11.6 Å². The van der Waals surface area contributed by atoms with E-state index in [1.54, 1.807) is 17.8 Å². The lowest BCUT2D eigenvalue weighted by Crippen LogP contribution is -2.13. The number of ketones is 1. The molecule has 0 saturated heterocycles. The third-order valence-corrected chi connectivity index (χ3v) is 3.82. The van der Waals surface area contributed by atoms with Crippen molar-refractivity contribution in [3.05, 3.63) is 59.9 Å². The van der Waals surface area contributed by atoms with Crippen LogP contribution in [0.4, 0.5) is 10.1 Å². The quantitative estimate of drug-likeness (QED) is 0.643. The molecule has 0 bridgehead atoms. The number of thioether (sulfide) groups is 1. The molecule has 0 aliphatic carbocycles. The zero-order valence-corrected chi connectivity index (χ0v) is 13.0. The summed E-state index contributed by atoms with van der Waals surface area (Å²) in [5.74, 6) is -0.773. The van der Waals surface area contributed by atoms with Crippen molar-refractivity contribution in [3.63, 3.8) is 0 Å². The summed E-state index contributed by atoms with van der Waals surface area (Å²) in [5.41, 5.74) is 1.13. The highest BCUT2D eigenvalue weighted by molar-refractivity contribution is 7.98. The number of rotatable bonds is 6. The van der Waals surface area contributed by atoms with Crippen LogP contribution in [-0.2, 0) is 4.79 Å². The SMILES string of the molecule is CSc1cccc(NC(=O)CCC(=O)c2ccc(F)cc2)c1. The molecular weight excluding hydrogens is 301 g/mol. The lowest BCUT2D eigenvalue weighted by Gasteiger charge is -2.06. The van der Waals surface area contributed by atoms with Crippen LogP contribution in [0.2, 0.25) is 0 Å². The van der Waals surface area contributed by atoms with E-state index in [4.69, 9.17) is 0 Å². The molecule has 0 aromatic heterocycles. The molecule has 2 aromatic rings. The Labute approximate surface area is 132 Å². The van der Waals surface area contributed by atoms with E-state index in [9.17, 15) is 14.0 Å². The van der Waals surface area contributed by atoms with Crippen molar-refractivity contribution in [3.8, 4) is 0 Å². The molecule has 0 aliphatic heterocycles. The van der Waals surface area contributed by atoms with Gasteiger partial charge in [-0.1, -0.05) is 6.07 Å². The maximum absolute atomic E-state index is 12.8. The maximum Gasteiger partial charge on any atom is 0.224 e. The maximum atomic E-state index is 12.8. The van der Waals surface area contributed by atoms with E-state index in [1.807, 2.05) is 24.5 Å². The Hall–Kier alpha value is -2.14. The molecule has 1 amide bonds. The van der Waals surface area contributed by atoms with Crippen LogP contribution in [0.5, 0.6) is 0 Å². The van der Waals surface area contributed by atoms with Gasteiger partial charge in [0.15, 0.2) is 5.78 Å². The first-order chi connectivity index (χ1) is 10.6. The molecule has 0 aliphatic rings. The van der Waals surface area contributed by atoms with E-state index in [0.717, 1.165) is 4.90 Å². The molecule has 5 heteroatoms. The van der Waals surface area contributed by atoms with Crippen LogP contribution >= 0.6 is 11.8 Å². The minimum atomic E-state index is -0.386. The molecule has 2 aromatic carbocycles. The summed E-state index contributed by atoms with van der Waals surface area (Å²) in [7, 11) is 0. The molecule has 0 radical (unpaired) electrons. The summed E-state index contributed by atoms with van der Waals surface area (Å²) in [6, 6.07) is 12.8. The van der Waals surface area contributed by atoms with Crippen LogP contribution < -0.4 is 5.32 Å². The molecule has 3 nitrogen and oxygen atoms in total. The van der Waals surface area contributed by atoms with Gasteiger partial charge in [0, 0.05) is 29.0 Å². The van der Waals surface area contributed by atoms with E-state index >= 15 is 0 Å². The van der Waals surface area contributed by atoms with Gasteiger partial charge in [-0.25, -0.2) is 4.39 Å². The minimum Gasteiger partial charge on any atom is -0.326 e. The zero-order valence-electron chi connectivity index (χ0n) is 12.1. The van der Waals surface area contributed by atoms with Crippen LogP contribution in [0.15, 0.2) is 53.4 Å². The Kier molecular flexibility index (Phi) is 5.72. The largest absolute Gasteiger partial charge is 0.326 e. The van der Waals surface area contributed by atoms with Crippen molar-refractivity contribution in [2.24, 2.45) is 0 Å². The molecule has 0 unspecified atom stereocenters. The second kappa shape index (κ2) is 7.75. The van der Waals surface area contributed by atoms with E-state index < -0.39 is 0 Å². The predicted octanol–water partition coefficient (Wildman–Crippen LogP) is 4.15. The van der Waals surface area contributed by atoms with Crippen molar-refractivity contribution in [1.82, 2.24) is 0 Å². The molecular formula is C17H16FNO2S. The van der Waals surface area contributed by atoms with Crippen LogP contribution in [0.1, 0.15) is 23.2 Å². The van der Waals surface area contributed by atoms with Crippen molar-refractivity contribution >= 4 is 29.1 Å². The van der Waals surface area contributed by atoms with Crippen LogP contribution in [0.25, 0.3) is 0 Å². The van der Waals surface area contributed by atoms with E-state index in [1.165, 1.54) is 24.3 Å². The number of carbonyl (C=O) groups excluding carboxylic acids is 2. The lowest BCUT2D eigenvalue weighted by molar-refractivity contribution is -0.116. The van der Waals surface area contributed by atoms with E-state index in [2.05, 4.69) is 5.32 Å². The third-order valence-electron chi connectivity index (χ3n) is 3.10. The Balaban J connectivity index is 1.87. The lowest BCUT2D eigenvalue weighted by atomic mass is 10.1. The fourth-order valence-electron chi connectivity index (χ4n) is 1.93. The molecule has 0 spiro atoms. The summed E-state index contributed by atoms with van der Waals surface area (Å²) >= 11 is 1.59. The Bertz CT molecular complexity index is 671. The molecule has 0 atom stereocenters. The summed E-state index contributed by atoms with van der Waals surface area (Å²) in [4.78, 5) is 24.8. The average Bonchev–Trinajstić information content (AvgIpc) is 2.53. The van der Waals surface area contributed by atoms with Gasteiger partial charge in [0.1, 0.15) is 5.82 Å². The molecule has 22 heavy (non-hydrogen) atoms. The van der Waals surface area contributed by atoms with Gasteiger partial charge in [0.05, 0.1) is 0 Å². The van der Waals surface area contributed by atoms with Crippen LogP contribution in [0, 0.1) is 5.82 Å². The standard InChI is InChI=1S/C17H16FNO2S/c1-22-15-4-2-3-14(11-15)19-17(21)10-9-16(20)12-5-7-13(18)8-6-12/h2-8,11H,9-10H2,1H3,(H,19,21). The van der Waals surface area contributed by atoms with Crippen molar-refractivity contribution in [2.45, 2.75) is 17.7 Å². The Morgan fingerprint density at radius 2 is 1.82 bits per heavy atom. The van der Waals surface area contributed by atoms with Gasteiger partial charge >= 0.3 is 0 Å². The topological polar surface area (TPSA) is 46.2 Å². The molecule has 114 valence electrons. The number of carbonyl (C=O) groups is 2. The molecule has 0 heterocycles. The highest BCUT2D eigenvalue weighted by atomic mass is 32.2. The summed E-state index contributed by atoms with van der Waals surface area (Å²) < 4.78 is 12.8. The first kappa shape index (κ1) is 16.2. The minimum absolute atomic E-state index is 0.0969. The van der Waals surface area contributed by atoms with Crippen LogP contribution in [-0.4, -0.2) is 17.9 Å². The van der Waals surface area contributed by atoms with Crippen LogP contribution in [0.3, 0.4) is 0 Å². The van der Waals surface area contributed by atoms with Gasteiger partial charge in [-0.05, 0) is 48.7 Å². The normalized spacial score (nSPS) is 10.3. The second-order valence-electron chi connectivity index (χ2n) is 4.71. The highest BCUT2D eigenvalue weighted by Crippen LogP contribution is 2.19. The first-order valence-corrected chi connectivity index (χ1v) is 8.03. The number of nitrogens with one attached hydrogen (secondary N) is 1. The van der Waals surface area contributed by atoms with Gasteiger partial charge in [0.2, 0.25) is 5.91 Å². The molecule has 0 fully saturated rings. The van der Waals surface area contributed by atoms with Gasteiger partial charge in [0.25, 0.3) is 0 Å². The predicted molar refractivity (Wildman–Crippen MR) is 86.8 cm³/mol. The monoisotopic (exact) mass is 317 g/mol. The number of hydrogen-bond acceptors (Lipinski definition) is 3. The summed E-state index contributed by atoms with van der Waals surface area (Å²) in [6.45, 7) is 0. The number of amides is 1. The Morgan fingerprint density at radius 3 is 2.50 bits per heavy atom. The smallest absolute Gasteiger partial charge is 0.224 e. The third kappa shape index (κ3) is 4.70. The van der Waals surface area contributed by atoms with Gasteiger partial charge in [-0.2, -0.15) is 0 Å².